The largest absolute Gasteiger partial charge is 0.461 e. The van der Waals surface area contributed by atoms with Crippen LogP contribution in [0.2, 0.25) is 0 Å². The monoisotopic (exact) mass is 450 g/mol. The molecule has 5 heteroatoms. The number of halogens is 1. The van der Waals surface area contributed by atoms with E-state index >= 15 is 0 Å². The summed E-state index contributed by atoms with van der Waals surface area (Å²) in [5.74, 6) is 1.55. The van der Waals surface area contributed by atoms with Crippen LogP contribution in [-0.2, 0) is 19.1 Å². The summed E-state index contributed by atoms with van der Waals surface area (Å²) in [5, 5.41) is 0.190. The summed E-state index contributed by atoms with van der Waals surface area (Å²) < 4.78 is 6.04. The maximum Gasteiger partial charge on any atom is 0.316 e. The summed E-state index contributed by atoms with van der Waals surface area (Å²) in [5.41, 5.74) is 1.09. The minimum Gasteiger partial charge on any atom is -0.461 e. The van der Waals surface area contributed by atoms with E-state index in [2.05, 4.69) is 29.8 Å². The van der Waals surface area contributed by atoms with Gasteiger partial charge in [0.25, 0.3) is 0 Å². The molecule has 3 fully saturated rings. The molecule has 3 saturated carbocycles. The van der Waals surface area contributed by atoms with Gasteiger partial charge in [0.05, 0.1) is 0 Å². The number of allylic oxidation sites excluding steroid dienone is 1. The molecule has 0 heterocycles. The van der Waals surface area contributed by atoms with E-state index in [1.807, 2.05) is 6.08 Å². The van der Waals surface area contributed by atoms with E-state index in [1.165, 1.54) is 5.57 Å². The fourth-order valence-electron chi connectivity index (χ4n) is 7.63. The number of alkyl halides is 1. The summed E-state index contributed by atoms with van der Waals surface area (Å²) in [4.78, 5) is 36.8. The predicted molar refractivity (Wildman–Crippen MR) is 110 cm³/mol. The van der Waals surface area contributed by atoms with Crippen molar-refractivity contribution in [2.45, 2.75) is 71.8 Å². The molecular weight excluding hydrogens is 420 g/mol. The fourth-order valence-corrected chi connectivity index (χ4v) is 7.76. The molecule has 4 nitrogen and oxygen atoms in total. The molecule has 4 aliphatic carbocycles. The van der Waals surface area contributed by atoms with E-state index in [-0.39, 0.29) is 51.6 Å². The molecular formula is C23H31BrO4. The standard InChI is InChI=1S/C23H31BrO4/c1-13(25)17-6-7-18-16-5-4-14-10-15(26)8-9-22(14,2)21(16)19(11-23(17,18)3)28-20(27)12-24/h10,16-19,21H,4-9,11-12H2,1-3H3/t16-,17+,18-,19+,21?,22-,23+/m0/s1. The van der Waals surface area contributed by atoms with Gasteiger partial charge in [-0.2, -0.15) is 0 Å². The van der Waals surface area contributed by atoms with Crippen LogP contribution in [0.1, 0.15) is 65.7 Å². The highest BCUT2D eigenvalue weighted by molar-refractivity contribution is 9.09. The number of ether oxygens (including phenoxy) is 1. The first-order valence-electron chi connectivity index (χ1n) is 10.7. The Balaban J connectivity index is 1.76. The Morgan fingerprint density at radius 2 is 1.96 bits per heavy atom. The van der Waals surface area contributed by atoms with Crippen LogP contribution in [0.3, 0.4) is 0 Å². The van der Waals surface area contributed by atoms with Gasteiger partial charge in [-0.25, -0.2) is 0 Å². The number of hydrogen-bond donors (Lipinski definition) is 0. The Bertz CT molecular complexity index is 743. The van der Waals surface area contributed by atoms with Crippen LogP contribution in [0.15, 0.2) is 11.6 Å². The number of hydrogen-bond acceptors (Lipinski definition) is 4. The summed E-state index contributed by atoms with van der Waals surface area (Å²) in [6.45, 7) is 6.27. The van der Waals surface area contributed by atoms with E-state index in [1.54, 1.807) is 6.92 Å². The lowest BCUT2D eigenvalue weighted by Crippen LogP contribution is -2.58. The number of Topliss-reactive ketones (excluding diaryl/α,β-unsaturated/α-hetero) is 1. The third-order valence-corrected chi connectivity index (χ3v) is 9.21. The lowest BCUT2D eigenvalue weighted by atomic mass is 9.46. The summed E-state index contributed by atoms with van der Waals surface area (Å²) in [6.07, 6.45) is 7.93. The van der Waals surface area contributed by atoms with Gasteiger partial charge in [-0.3, -0.25) is 14.4 Å². The Hall–Kier alpha value is -0.970. The van der Waals surface area contributed by atoms with Gasteiger partial charge in [-0.1, -0.05) is 35.4 Å². The van der Waals surface area contributed by atoms with Crippen LogP contribution in [0.4, 0.5) is 0 Å². The summed E-state index contributed by atoms with van der Waals surface area (Å²) in [6, 6.07) is 0. The van der Waals surface area contributed by atoms with Gasteiger partial charge in [0.1, 0.15) is 17.2 Å². The molecule has 4 rings (SSSR count). The zero-order valence-electron chi connectivity index (χ0n) is 17.1. The van der Waals surface area contributed by atoms with Crippen molar-refractivity contribution >= 4 is 33.5 Å². The first-order valence-corrected chi connectivity index (χ1v) is 11.8. The van der Waals surface area contributed by atoms with E-state index < -0.39 is 0 Å². The molecule has 0 aromatic heterocycles. The molecule has 0 aromatic carbocycles. The smallest absolute Gasteiger partial charge is 0.316 e. The van der Waals surface area contributed by atoms with Gasteiger partial charge < -0.3 is 4.74 Å². The fraction of sp³-hybridized carbons (Fsp3) is 0.783. The van der Waals surface area contributed by atoms with E-state index in [0.717, 1.165) is 38.5 Å². The van der Waals surface area contributed by atoms with Crippen molar-refractivity contribution in [1.82, 2.24) is 0 Å². The van der Waals surface area contributed by atoms with Gasteiger partial charge >= 0.3 is 5.97 Å². The van der Waals surface area contributed by atoms with E-state index in [0.29, 0.717) is 18.3 Å². The number of esters is 1. The van der Waals surface area contributed by atoms with Crippen molar-refractivity contribution in [1.29, 1.82) is 0 Å². The average Bonchev–Trinajstić information content (AvgIpc) is 2.98. The number of ketones is 2. The number of carbonyl (C=O) groups is 3. The molecule has 154 valence electrons. The molecule has 0 spiro atoms. The molecule has 0 saturated heterocycles. The number of carbonyl (C=O) groups excluding carboxylic acids is 3. The van der Waals surface area contributed by atoms with Crippen LogP contribution in [0.5, 0.6) is 0 Å². The second-order valence-corrected chi connectivity index (χ2v) is 10.6. The SMILES string of the molecule is CC(=O)[C@H]1CC[C@H]2[C@@H]3CCC4=CC(=O)CC[C@]4(C)C3[C@H](OC(=O)CBr)C[C@]12C. The zero-order chi connectivity index (χ0) is 20.3. The highest BCUT2D eigenvalue weighted by Crippen LogP contribution is 2.67. The Morgan fingerprint density at radius 3 is 2.64 bits per heavy atom. The van der Waals surface area contributed by atoms with Crippen LogP contribution in [0.25, 0.3) is 0 Å². The molecule has 0 N–H and O–H groups in total. The number of rotatable bonds is 3. The third-order valence-electron chi connectivity index (χ3n) is 8.75. The van der Waals surface area contributed by atoms with Crippen LogP contribution in [-0.4, -0.2) is 29.0 Å². The summed E-state index contributed by atoms with van der Waals surface area (Å²) in [7, 11) is 0. The van der Waals surface area contributed by atoms with Gasteiger partial charge in [-0.05, 0) is 74.2 Å². The molecule has 0 radical (unpaired) electrons. The molecule has 0 aromatic rings. The third kappa shape index (κ3) is 2.95. The topological polar surface area (TPSA) is 60.4 Å². The van der Waals surface area contributed by atoms with Gasteiger partial charge in [0, 0.05) is 18.3 Å². The first-order chi connectivity index (χ1) is 13.2. The second-order valence-electron chi connectivity index (χ2n) is 10.0. The van der Waals surface area contributed by atoms with Crippen molar-refractivity contribution in [2.24, 2.45) is 34.5 Å². The second kappa shape index (κ2) is 7.07. The first kappa shape index (κ1) is 20.3. The quantitative estimate of drug-likeness (QED) is 0.463. The van der Waals surface area contributed by atoms with Gasteiger partial charge in [-0.15, -0.1) is 0 Å². The predicted octanol–water partition coefficient (Wildman–Crippen LogP) is 4.64. The Morgan fingerprint density at radius 1 is 1.21 bits per heavy atom. The van der Waals surface area contributed by atoms with Crippen molar-refractivity contribution < 1.29 is 19.1 Å². The molecule has 7 atom stereocenters. The Kier molecular flexibility index (Phi) is 5.13. The van der Waals surface area contributed by atoms with Gasteiger partial charge in [0.15, 0.2) is 5.78 Å². The average molecular weight is 451 g/mol. The molecule has 0 aliphatic heterocycles. The highest BCUT2D eigenvalue weighted by atomic mass is 79.9. The molecule has 0 amide bonds. The molecule has 1 unspecified atom stereocenters. The van der Waals surface area contributed by atoms with Crippen molar-refractivity contribution in [3.63, 3.8) is 0 Å². The van der Waals surface area contributed by atoms with Crippen LogP contribution < -0.4 is 0 Å². The Labute approximate surface area is 176 Å². The molecule has 4 aliphatic rings. The minimum absolute atomic E-state index is 0.0706. The van der Waals surface area contributed by atoms with E-state index in [4.69, 9.17) is 4.74 Å². The van der Waals surface area contributed by atoms with Crippen molar-refractivity contribution in [3.05, 3.63) is 11.6 Å². The maximum atomic E-state index is 12.4. The maximum absolute atomic E-state index is 12.4. The van der Waals surface area contributed by atoms with E-state index in [9.17, 15) is 14.4 Å². The van der Waals surface area contributed by atoms with Crippen molar-refractivity contribution in [2.75, 3.05) is 5.33 Å². The lowest BCUT2D eigenvalue weighted by molar-refractivity contribution is -0.175. The minimum atomic E-state index is -0.227. The highest BCUT2D eigenvalue weighted by Gasteiger charge is 2.63. The summed E-state index contributed by atoms with van der Waals surface area (Å²) >= 11 is 3.24. The van der Waals surface area contributed by atoms with Gasteiger partial charge in [0.2, 0.25) is 0 Å². The molecule has 0 bridgehead atoms. The van der Waals surface area contributed by atoms with Crippen molar-refractivity contribution in [3.8, 4) is 0 Å². The molecule has 28 heavy (non-hydrogen) atoms. The zero-order valence-corrected chi connectivity index (χ0v) is 18.7. The van der Waals surface area contributed by atoms with Crippen LogP contribution in [0, 0.1) is 34.5 Å². The number of fused-ring (bicyclic) bond motifs is 5. The lowest BCUT2D eigenvalue weighted by Gasteiger charge is -2.60. The normalized spacial score (nSPS) is 44.8. The van der Waals surface area contributed by atoms with Crippen LogP contribution >= 0.6 is 15.9 Å².